The largest absolute Gasteiger partial charge is 0.352 e. The zero-order valence-electron chi connectivity index (χ0n) is 16.8. The highest BCUT2D eigenvalue weighted by atomic mass is 16.2. The van der Waals surface area contributed by atoms with Crippen LogP contribution in [-0.4, -0.2) is 73.5 Å². The number of hydrogen-bond acceptors (Lipinski definition) is 4. The van der Waals surface area contributed by atoms with E-state index in [1.54, 1.807) is 0 Å². The summed E-state index contributed by atoms with van der Waals surface area (Å²) in [7, 11) is 0. The summed E-state index contributed by atoms with van der Waals surface area (Å²) in [6.45, 7) is 8.10. The van der Waals surface area contributed by atoms with Crippen molar-refractivity contribution < 1.29 is 9.59 Å². The lowest BCUT2D eigenvalue weighted by Gasteiger charge is -2.35. The Hall–Kier alpha value is -1.14. The molecule has 6 heteroatoms. The summed E-state index contributed by atoms with van der Waals surface area (Å²) >= 11 is 0. The standard InChI is InChI=1S/C21H36N4O2/c1-16-2-4-17(5-3-16)23-19(26)15-24-10-12-25(13-11-24)20(27)18-14-21(18)6-8-22-9-7-21/h16-18,22H,2-15H2,1H3,(H,23,26). The third-order valence-corrected chi connectivity index (χ3v) is 7.52. The third-order valence-electron chi connectivity index (χ3n) is 7.52. The van der Waals surface area contributed by atoms with Gasteiger partial charge in [0.25, 0.3) is 0 Å². The van der Waals surface area contributed by atoms with E-state index >= 15 is 0 Å². The molecule has 0 radical (unpaired) electrons. The molecule has 2 aliphatic carbocycles. The first-order chi connectivity index (χ1) is 13.1. The Morgan fingerprint density at radius 2 is 1.70 bits per heavy atom. The van der Waals surface area contributed by atoms with Crippen LogP contribution >= 0.6 is 0 Å². The predicted molar refractivity (Wildman–Crippen MR) is 105 cm³/mol. The quantitative estimate of drug-likeness (QED) is 0.774. The van der Waals surface area contributed by atoms with E-state index in [0.29, 0.717) is 23.9 Å². The van der Waals surface area contributed by atoms with Gasteiger partial charge in [-0.3, -0.25) is 14.5 Å². The molecule has 4 rings (SSSR count). The number of carbonyl (C=O) groups excluding carboxylic acids is 2. The fourth-order valence-corrected chi connectivity index (χ4v) is 5.40. The Balaban J connectivity index is 1.17. The maximum atomic E-state index is 12.9. The van der Waals surface area contributed by atoms with Crippen molar-refractivity contribution in [2.24, 2.45) is 17.3 Å². The molecular formula is C21H36N4O2. The Bertz CT molecular complexity index is 544. The molecule has 4 fully saturated rings. The summed E-state index contributed by atoms with van der Waals surface area (Å²) < 4.78 is 0. The second-order valence-electron chi connectivity index (χ2n) is 9.49. The summed E-state index contributed by atoms with van der Waals surface area (Å²) in [6.07, 6.45) is 8.10. The van der Waals surface area contributed by atoms with Crippen molar-refractivity contribution in [1.82, 2.24) is 20.4 Å². The molecule has 2 N–H and O–H groups in total. The van der Waals surface area contributed by atoms with E-state index in [1.165, 1.54) is 12.8 Å². The number of nitrogens with one attached hydrogen (secondary N) is 2. The number of piperazine rings is 1. The van der Waals surface area contributed by atoms with Crippen LogP contribution in [0.2, 0.25) is 0 Å². The molecular weight excluding hydrogens is 340 g/mol. The summed E-state index contributed by atoms with van der Waals surface area (Å²) in [4.78, 5) is 29.5. The van der Waals surface area contributed by atoms with Crippen molar-refractivity contribution in [3.8, 4) is 0 Å². The Morgan fingerprint density at radius 3 is 2.37 bits per heavy atom. The van der Waals surface area contributed by atoms with Crippen LogP contribution in [0.5, 0.6) is 0 Å². The molecule has 2 saturated heterocycles. The average Bonchev–Trinajstić information content (AvgIpc) is 3.37. The van der Waals surface area contributed by atoms with Gasteiger partial charge in [0.05, 0.1) is 6.54 Å². The van der Waals surface area contributed by atoms with Crippen LogP contribution < -0.4 is 10.6 Å². The van der Waals surface area contributed by atoms with E-state index in [2.05, 4.69) is 27.4 Å². The number of rotatable bonds is 4. The van der Waals surface area contributed by atoms with E-state index in [9.17, 15) is 9.59 Å². The Labute approximate surface area is 163 Å². The molecule has 0 aromatic heterocycles. The van der Waals surface area contributed by atoms with Crippen LogP contribution in [0.15, 0.2) is 0 Å². The van der Waals surface area contributed by atoms with Crippen LogP contribution in [0.1, 0.15) is 51.9 Å². The number of piperidine rings is 1. The molecule has 152 valence electrons. The molecule has 2 aliphatic heterocycles. The second kappa shape index (κ2) is 8.08. The highest BCUT2D eigenvalue weighted by Crippen LogP contribution is 2.59. The monoisotopic (exact) mass is 376 g/mol. The van der Waals surface area contributed by atoms with Crippen molar-refractivity contribution in [3.63, 3.8) is 0 Å². The fourth-order valence-electron chi connectivity index (χ4n) is 5.40. The Morgan fingerprint density at radius 1 is 1.04 bits per heavy atom. The molecule has 27 heavy (non-hydrogen) atoms. The SMILES string of the molecule is CC1CCC(NC(=O)CN2CCN(C(=O)C3CC34CCNCC4)CC2)CC1. The van der Waals surface area contributed by atoms with Crippen LogP contribution in [-0.2, 0) is 9.59 Å². The predicted octanol–water partition coefficient (Wildman–Crippen LogP) is 1.22. The number of hydrogen-bond donors (Lipinski definition) is 2. The summed E-state index contributed by atoms with van der Waals surface area (Å²) in [5.41, 5.74) is 0.316. The van der Waals surface area contributed by atoms with Gasteiger partial charge < -0.3 is 15.5 Å². The van der Waals surface area contributed by atoms with E-state index < -0.39 is 0 Å². The fraction of sp³-hybridized carbons (Fsp3) is 0.905. The normalized spacial score (nSPS) is 33.7. The van der Waals surface area contributed by atoms with Gasteiger partial charge in [0.2, 0.25) is 11.8 Å². The topological polar surface area (TPSA) is 64.7 Å². The van der Waals surface area contributed by atoms with E-state index in [-0.39, 0.29) is 11.8 Å². The van der Waals surface area contributed by atoms with Crippen molar-refractivity contribution in [2.45, 2.75) is 57.9 Å². The Kier molecular flexibility index (Phi) is 5.74. The zero-order valence-corrected chi connectivity index (χ0v) is 16.8. The van der Waals surface area contributed by atoms with E-state index in [0.717, 1.165) is 77.3 Å². The van der Waals surface area contributed by atoms with Gasteiger partial charge in [-0.15, -0.1) is 0 Å². The molecule has 1 atom stereocenters. The second-order valence-corrected chi connectivity index (χ2v) is 9.49. The average molecular weight is 377 g/mol. The van der Waals surface area contributed by atoms with Gasteiger partial charge in [0, 0.05) is 38.1 Å². The van der Waals surface area contributed by atoms with Crippen molar-refractivity contribution in [3.05, 3.63) is 0 Å². The van der Waals surface area contributed by atoms with Crippen molar-refractivity contribution in [2.75, 3.05) is 45.8 Å². The molecule has 1 unspecified atom stereocenters. The minimum absolute atomic E-state index is 0.158. The number of amides is 2. The van der Waals surface area contributed by atoms with Gasteiger partial charge in [-0.05, 0) is 69.4 Å². The lowest BCUT2D eigenvalue weighted by atomic mass is 9.87. The summed E-state index contributed by atoms with van der Waals surface area (Å²) in [6, 6.07) is 0.368. The van der Waals surface area contributed by atoms with Gasteiger partial charge in [-0.1, -0.05) is 6.92 Å². The van der Waals surface area contributed by atoms with Crippen LogP contribution in [0.25, 0.3) is 0 Å². The smallest absolute Gasteiger partial charge is 0.234 e. The molecule has 2 heterocycles. The van der Waals surface area contributed by atoms with E-state index in [4.69, 9.17) is 0 Å². The third kappa shape index (κ3) is 4.48. The molecule has 0 aromatic carbocycles. The maximum absolute atomic E-state index is 12.9. The minimum Gasteiger partial charge on any atom is -0.352 e. The summed E-state index contributed by atoms with van der Waals surface area (Å²) in [5, 5.41) is 6.63. The van der Waals surface area contributed by atoms with Gasteiger partial charge in [0.1, 0.15) is 0 Å². The molecule has 6 nitrogen and oxygen atoms in total. The lowest BCUT2D eigenvalue weighted by molar-refractivity contribution is -0.135. The molecule has 2 saturated carbocycles. The first kappa shape index (κ1) is 19.2. The lowest BCUT2D eigenvalue weighted by Crippen LogP contribution is -2.52. The van der Waals surface area contributed by atoms with Gasteiger partial charge in [-0.2, -0.15) is 0 Å². The highest BCUT2D eigenvalue weighted by molar-refractivity contribution is 5.83. The zero-order chi connectivity index (χ0) is 18.9. The van der Waals surface area contributed by atoms with Crippen LogP contribution in [0.3, 0.4) is 0 Å². The van der Waals surface area contributed by atoms with Crippen LogP contribution in [0.4, 0.5) is 0 Å². The molecule has 1 spiro atoms. The highest BCUT2D eigenvalue weighted by Gasteiger charge is 2.58. The number of carbonyl (C=O) groups is 2. The van der Waals surface area contributed by atoms with E-state index in [1.807, 2.05) is 0 Å². The molecule has 0 bridgehead atoms. The van der Waals surface area contributed by atoms with Crippen LogP contribution in [0, 0.1) is 17.3 Å². The van der Waals surface area contributed by atoms with Crippen molar-refractivity contribution >= 4 is 11.8 Å². The van der Waals surface area contributed by atoms with Gasteiger partial charge >= 0.3 is 0 Å². The molecule has 0 aromatic rings. The summed E-state index contributed by atoms with van der Waals surface area (Å²) in [5.74, 6) is 1.60. The minimum atomic E-state index is 0.158. The van der Waals surface area contributed by atoms with Gasteiger partial charge in [-0.25, -0.2) is 0 Å². The molecule has 2 amide bonds. The first-order valence-electron chi connectivity index (χ1n) is 11.1. The van der Waals surface area contributed by atoms with Gasteiger partial charge in [0.15, 0.2) is 0 Å². The first-order valence-corrected chi connectivity index (χ1v) is 11.1. The van der Waals surface area contributed by atoms with Crippen molar-refractivity contribution in [1.29, 1.82) is 0 Å². The number of nitrogens with zero attached hydrogens (tertiary/aromatic N) is 2. The maximum Gasteiger partial charge on any atom is 0.234 e. The molecule has 4 aliphatic rings.